The van der Waals surface area contributed by atoms with Crippen LogP contribution in [0, 0.1) is 5.82 Å². The maximum Gasteiger partial charge on any atom is 0.124 e. The van der Waals surface area contributed by atoms with Gasteiger partial charge in [0.25, 0.3) is 0 Å². The first-order valence-corrected chi connectivity index (χ1v) is 5.66. The summed E-state index contributed by atoms with van der Waals surface area (Å²) in [6.07, 6.45) is 3.81. The molecule has 0 saturated carbocycles. The summed E-state index contributed by atoms with van der Waals surface area (Å²) >= 11 is 3.29. The Balaban J connectivity index is 2.34. The van der Waals surface area contributed by atoms with Crippen LogP contribution in [-0.2, 0) is 11.3 Å². The molecule has 0 atom stereocenters. The summed E-state index contributed by atoms with van der Waals surface area (Å²) in [5.74, 6) is -0.239. The second-order valence-electron chi connectivity index (χ2n) is 3.22. The third-order valence-corrected chi connectivity index (χ3v) is 2.71. The highest BCUT2D eigenvalue weighted by atomic mass is 79.9. The Morgan fingerprint density at radius 2 is 2.27 bits per heavy atom. The molecule has 1 aromatic rings. The molecule has 0 bridgehead atoms. The van der Waals surface area contributed by atoms with Gasteiger partial charge in [0.2, 0.25) is 0 Å². The van der Waals surface area contributed by atoms with E-state index in [1.807, 2.05) is 6.08 Å². The van der Waals surface area contributed by atoms with Crippen LogP contribution in [0.4, 0.5) is 4.39 Å². The lowest BCUT2D eigenvalue weighted by Gasteiger charge is -2.05. The number of benzene rings is 1. The Hall–Kier alpha value is -0.670. The van der Waals surface area contributed by atoms with Crippen molar-refractivity contribution in [2.45, 2.75) is 19.4 Å². The highest BCUT2D eigenvalue weighted by molar-refractivity contribution is 9.10. The molecule has 82 valence electrons. The molecule has 0 aliphatic rings. The minimum Gasteiger partial charge on any atom is -0.377 e. The Bertz CT molecular complexity index is 325. The van der Waals surface area contributed by atoms with Crippen molar-refractivity contribution in [3.05, 3.63) is 46.7 Å². The molecule has 3 heteroatoms. The second kappa shape index (κ2) is 6.75. The molecule has 0 radical (unpaired) electrons. The highest BCUT2D eigenvalue weighted by Gasteiger charge is 2.01. The third kappa shape index (κ3) is 4.58. The lowest BCUT2D eigenvalue weighted by molar-refractivity contribution is 0.118. The molecule has 1 rings (SSSR count). The number of hydrogen-bond acceptors (Lipinski definition) is 1. The lowest BCUT2D eigenvalue weighted by Crippen LogP contribution is -1.96. The van der Waals surface area contributed by atoms with E-state index in [-0.39, 0.29) is 5.82 Å². The van der Waals surface area contributed by atoms with Crippen molar-refractivity contribution in [2.24, 2.45) is 0 Å². The van der Waals surface area contributed by atoms with Gasteiger partial charge in [-0.05, 0) is 30.5 Å². The molecule has 0 unspecified atom stereocenters. The summed E-state index contributed by atoms with van der Waals surface area (Å²) in [6, 6.07) is 4.61. The first-order chi connectivity index (χ1) is 7.24. The van der Waals surface area contributed by atoms with E-state index in [0.29, 0.717) is 13.2 Å². The molecular weight excluding hydrogens is 259 g/mol. The standard InChI is InChI=1S/C12H14BrFO/c1-2-3-4-7-15-9-10-5-6-11(14)8-12(10)13/h2,5-6,8H,1,3-4,7,9H2. The fraction of sp³-hybridized carbons (Fsp3) is 0.333. The number of unbranched alkanes of at least 4 members (excludes halogenated alkanes) is 1. The van der Waals surface area contributed by atoms with Crippen LogP contribution in [0.15, 0.2) is 35.3 Å². The molecule has 0 saturated heterocycles. The monoisotopic (exact) mass is 272 g/mol. The number of allylic oxidation sites excluding steroid dienone is 1. The first kappa shape index (κ1) is 12.4. The molecule has 0 heterocycles. The van der Waals surface area contributed by atoms with E-state index in [0.717, 1.165) is 22.9 Å². The van der Waals surface area contributed by atoms with Gasteiger partial charge in [0.1, 0.15) is 5.82 Å². The zero-order chi connectivity index (χ0) is 11.1. The predicted octanol–water partition coefficient (Wildman–Crippen LogP) is 4.07. The van der Waals surface area contributed by atoms with Crippen molar-refractivity contribution in [3.8, 4) is 0 Å². The van der Waals surface area contributed by atoms with Crippen LogP contribution in [0.5, 0.6) is 0 Å². The largest absolute Gasteiger partial charge is 0.377 e. The summed E-state index contributed by atoms with van der Waals surface area (Å²) in [5.41, 5.74) is 0.968. The maximum absolute atomic E-state index is 12.8. The van der Waals surface area contributed by atoms with E-state index < -0.39 is 0 Å². The quantitative estimate of drug-likeness (QED) is 0.560. The minimum absolute atomic E-state index is 0.239. The molecule has 0 spiro atoms. The van der Waals surface area contributed by atoms with E-state index in [9.17, 15) is 4.39 Å². The zero-order valence-corrected chi connectivity index (χ0v) is 10.1. The summed E-state index contributed by atoms with van der Waals surface area (Å²) in [7, 11) is 0. The van der Waals surface area contributed by atoms with Crippen molar-refractivity contribution in [1.29, 1.82) is 0 Å². The predicted molar refractivity (Wildman–Crippen MR) is 63.2 cm³/mol. The first-order valence-electron chi connectivity index (χ1n) is 4.86. The van der Waals surface area contributed by atoms with Crippen molar-refractivity contribution in [3.63, 3.8) is 0 Å². The average molecular weight is 273 g/mol. The molecule has 0 aliphatic heterocycles. The highest BCUT2D eigenvalue weighted by Crippen LogP contribution is 2.18. The molecule has 0 fully saturated rings. The molecular formula is C12H14BrFO. The zero-order valence-electron chi connectivity index (χ0n) is 8.51. The van der Waals surface area contributed by atoms with Crippen molar-refractivity contribution in [1.82, 2.24) is 0 Å². The minimum atomic E-state index is -0.239. The van der Waals surface area contributed by atoms with Crippen molar-refractivity contribution >= 4 is 15.9 Å². The van der Waals surface area contributed by atoms with Gasteiger partial charge in [-0.25, -0.2) is 4.39 Å². The fourth-order valence-corrected chi connectivity index (χ4v) is 1.62. The van der Waals surface area contributed by atoms with Crippen molar-refractivity contribution < 1.29 is 9.13 Å². The molecule has 15 heavy (non-hydrogen) atoms. The molecule has 0 amide bonds. The lowest BCUT2D eigenvalue weighted by atomic mass is 10.2. The van der Waals surface area contributed by atoms with E-state index in [1.165, 1.54) is 12.1 Å². The fourth-order valence-electron chi connectivity index (χ4n) is 1.15. The smallest absolute Gasteiger partial charge is 0.124 e. The van der Waals surface area contributed by atoms with Crippen LogP contribution < -0.4 is 0 Å². The summed E-state index contributed by atoms with van der Waals surface area (Å²) in [4.78, 5) is 0. The van der Waals surface area contributed by atoms with Crippen LogP contribution in [0.3, 0.4) is 0 Å². The van der Waals surface area contributed by atoms with Gasteiger partial charge in [0, 0.05) is 11.1 Å². The molecule has 1 nitrogen and oxygen atoms in total. The molecule has 0 aliphatic carbocycles. The van der Waals surface area contributed by atoms with Gasteiger partial charge in [-0.2, -0.15) is 0 Å². The van der Waals surface area contributed by atoms with Gasteiger partial charge in [-0.1, -0.05) is 28.1 Å². The Morgan fingerprint density at radius 1 is 1.47 bits per heavy atom. The van der Waals surface area contributed by atoms with Crippen molar-refractivity contribution in [2.75, 3.05) is 6.61 Å². The SMILES string of the molecule is C=CCCCOCc1ccc(F)cc1Br. The summed E-state index contributed by atoms with van der Waals surface area (Å²) < 4.78 is 19.0. The number of rotatable bonds is 6. The van der Waals surface area contributed by atoms with Gasteiger partial charge in [0.05, 0.1) is 6.61 Å². The van der Waals surface area contributed by atoms with Gasteiger partial charge in [0.15, 0.2) is 0 Å². The van der Waals surface area contributed by atoms with E-state index >= 15 is 0 Å². The maximum atomic E-state index is 12.8. The van der Waals surface area contributed by atoms with Gasteiger partial charge < -0.3 is 4.74 Å². The number of halogens is 2. The Morgan fingerprint density at radius 3 is 2.93 bits per heavy atom. The normalized spacial score (nSPS) is 10.3. The van der Waals surface area contributed by atoms with Crippen LogP contribution in [0.25, 0.3) is 0 Å². The van der Waals surface area contributed by atoms with Gasteiger partial charge in [-0.15, -0.1) is 6.58 Å². The van der Waals surface area contributed by atoms with Crippen LogP contribution in [0.2, 0.25) is 0 Å². The number of hydrogen-bond donors (Lipinski definition) is 0. The third-order valence-electron chi connectivity index (χ3n) is 1.97. The second-order valence-corrected chi connectivity index (χ2v) is 4.07. The Labute approximate surface area is 98.1 Å². The molecule has 0 aromatic heterocycles. The molecule has 0 N–H and O–H groups in total. The number of ether oxygens (including phenoxy) is 1. The van der Waals surface area contributed by atoms with Crippen LogP contribution >= 0.6 is 15.9 Å². The van der Waals surface area contributed by atoms with E-state index in [2.05, 4.69) is 22.5 Å². The topological polar surface area (TPSA) is 9.23 Å². The molecule has 1 aromatic carbocycles. The van der Waals surface area contributed by atoms with Gasteiger partial charge >= 0.3 is 0 Å². The summed E-state index contributed by atoms with van der Waals surface area (Å²) in [6.45, 7) is 4.85. The van der Waals surface area contributed by atoms with Crippen LogP contribution in [0.1, 0.15) is 18.4 Å². The van der Waals surface area contributed by atoms with E-state index in [4.69, 9.17) is 4.74 Å². The van der Waals surface area contributed by atoms with Gasteiger partial charge in [-0.3, -0.25) is 0 Å². The average Bonchev–Trinajstić information content (AvgIpc) is 2.20. The Kier molecular flexibility index (Phi) is 5.58. The van der Waals surface area contributed by atoms with Crippen LogP contribution in [-0.4, -0.2) is 6.61 Å². The summed E-state index contributed by atoms with van der Waals surface area (Å²) in [5, 5.41) is 0. The van der Waals surface area contributed by atoms with E-state index in [1.54, 1.807) is 6.07 Å².